The minimum atomic E-state index is -0.199. The van der Waals surface area contributed by atoms with Gasteiger partial charge in [-0.15, -0.1) is 0 Å². The van der Waals surface area contributed by atoms with Crippen LogP contribution < -0.4 is 10.1 Å². The zero-order valence-corrected chi connectivity index (χ0v) is 22.0. The molecule has 0 atom stereocenters. The lowest BCUT2D eigenvalue weighted by Gasteiger charge is -2.39. The molecular formula is C29H34ClN3O4. The number of benzene rings is 2. The molecule has 2 heterocycles. The highest BCUT2D eigenvalue weighted by Gasteiger charge is 2.42. The summed E-state index contributed by atoms with van der Waals surface area (Å²) < 4.78 is 5.69. The normalized spacial score (nSPS) is 16.8. The summed E-state index contributed by atoms with van der Waals surface area (Å²) in [4.78, 5) is 40.9. The van der Waals surface area contributed by atoms with Gasteiger partial charge in [0.05, 0.1) is 6.61 Å². The molecule has 0 aliphatic carbocycles. The number of carbonyl (C=O) groups is 3. The largest absolute Gasteiger partial charge is 0.494 e. The van der Waals surface area contributed by atoms with Crippen LogP contribution >= 0.6 is 11.6 Å². The second-order valence-corrected chi connectivity index (χ2v) is 10.3. The number of carbonyl (C=O) groups excluding carboxylic acids is 3. The van der Waals surface area contributed by atoms with E-state index in [1.165, 1.54) is 6.92 Å². The summed E-state index contributed by atoms with van der Waals surface area (Å²) in [6, 6.07) is 14.8. The number of halogens is 1. The number of para-hydroxylation sites is 1. The first-order chi connectivity index (χ1) is 17.8. The quantitative estimate of drug-likeness (QED) is 0.389. The van der Waals surface area contributed by atoms with Crippen molar-refractivity contribution in [2.24, 2.45) is 5.41 Å². The lowest BCUT2D eigenvalue weighted by molar-refractivity contribution is -0.134. The van der Waals surface area contributed by atoms with Crippen molar-refractivity contribution in [3.05, 3.63) is 65.2 Å². The Kier molecular flexibility index (Phi) is 8.87. The zero-order chi connectivity index (χ0) is 26.3. The van der Waals surface area contributed by atoms with Crippen LogP contribution in [0.5, 0.6) is 5.75 Å². The van der Waals surface area contributed by atoms with Crippen LogP contribution in [0.15, 0.2) is 54.6 Å². The monoisotopic (exact) mass is 523 g/mol. The molecule has 2 aromatic carbocycles. The molecule has 0 bridgehead atoms. The van der Waals surface area contributed by atoms with E-state index >= 15 is 0 Å². The number of hydrogen-bond donors (Lipinski definition) is 1. The van der Waals surface area contributed by atoms with Crippen molar-refractivity contribution >= 4 is 41.1 Å². The second kappa shape index (κ2) is 12.3. The van der Waals surface area contributed by atoms with Crippen LogP contribution in [0.2, 0.25) is 5.02 Å². The first-order valence-corrected chi connectivity index (χ1v) is 13.2. The molecule has 0 saturated carbocycles. The molecule has 0 unspecified atom stereocenters. The number of rotatable bonds is 8. The Morgan fingerprint density at radius 2 is 1.73 bits per heavy atom. The Hall–Kier alpha value is -3.32. The molecule has 2 aliphatic heterocycles. The third kappa shape index (κ3) is 7.35. The van der Waals surface area contributed by atoms with Crippen molar-refractivity contribution in [3.63, 3.8) is 0 Å². The summed E-state index contributed by atoms with van der Waals surface area (Å²) in [5.41, 5.74) is 1.38. The van der Waals surface area contributed by atoms with E-state index in [1.54, 1.807) is 30.4 Å². The fraction of sp³-hybridized carbons (Fsp3) is 0.414. The molecule has 2 aromatic rings. The van der Waals surface area contributed by atoms with Crippen LogP contribution in [-0.2, 0) is 14.4 Å². The number of amides is 3. The Bertz CT molecular complexity index is 1140. The summed E-state index contributed by atoms with van der Waals surface area (Å²) in [7, 11) is 0. The van der Waals surface area contributed by atoms with E-state index in [9.17, 15) is 14.4 Å². The minimum absolute atomic E-state index is 0.0440. The van der Waals surface area contributed by atoms with Gasteiger partial charge in [-0.3, -0.25) is 14.4 Å². The van der Waals surface area contributed by atoms with E-state index in [1.807, 2.05) is 40.1 Å². The third-order valence-electron chi connectivity index (χ3n) is 7.21. The van der Waals surface area contributed by atoms with Crippen molar-refractivity contribution in [2.75, 3.05) is 38.1 Å². The molecule has 1 spiro atoms. The summed E-state index contributed by atoms with van der Waals surface area (Å²) in [6.07, 6.45) is 7.24. The Morgan fingerprint density at radius 1 is 1.03 bits per heavy atom. The van der Waals surface area contributed by atoms with Gasteiger partial charge in [0.25, 0.3) is 0 Å². The molecule has 0 radical (unpaired) electrons. The molecule has 8 heteroatoms. The van der Waals surface area contributed by atoms with Gasteiger partial charge in [-0.1, -0.05) is 35.9 Å². The van der Waals surface area contributed by atoms with Gasteiger partial charge >= 0.3 is 0 Å². The summed E-state index contributed by atoms with van der Waals surface area (Å²) in [5, 5.41) is 3.27. The van der Waals surface area contributed by atoms with Crippen LogP contribution in [0.4, 0.5) is 5.69 Å². The van der Waals surface area contributed by atoms with Gasteiger partial charge in [0.15, 0.2) is 0 Å². The molecule has 3 amide bonds. The van der Waals surface area contributed by atoms with Crippen LogP contribution in [0.1, 0.15) is 44.6 Å². The first kappa shape index (κ1) is 26.7. The van der Waals surface area contributed by atoms with Crippen LogP contribution in [0.3, 0.4) is 0 Å². The molecular weight excluding hydrogens is 490 g/mol. The van der Waals surface area contributed by atoms with Gasteiger partial charge in [0, 0.05) is 56.3 Å². The van der Waals surface area contributed by atoms with Crippen molar-refractivity contribution < 1.29 is 19.1 Å². The fourth-order valence-electron chi connectivity index (χ4n) is 5.09. The topological polar surface area (TPSA) is 79.0 Å². The number of nitrogens with one attached hydrogen (secondary N) is 1. The standard InChI is InChI=1S/C29H34ClN3O4/c1-22(34)31-26-20-24(30)11-9-23(26)10-12-28(36)33-18-15-29(21-33)13-16-32(17-14-29)27(35)8-5-19-37-25-6-3-2-4-7-25/h2-4,6-7,9-12,20H,5,8,13-19,21H2,1H3,(H,31,34)/b12-10+. The van der Waals surface area contributed by atoms with E-state index in [0.29, 0.717) is 43.2 Å². The number of nitrogens with zero attached hydrogens (tertiary/aromatic N) is 2. The lowest BCUT2D eigenvalue weighted by Crippen LogP contribution is -2.44. The zero-order valence-electron chi connectivity index (χ0n) is 21.2. The smallest absolute Gasteiger partial charge is 0.246 e. The summed E-state index contributed by atoms with van der Waals surface area (Å²) >= 11 is 6.05. The minimum Gasteiger partial charge on any atom is -0.494 e. The Morgan fingerprint density at radius 3 is 2.43 bits per heavy atom. The van der Waals surface area contributed by atoms with Gasteiger partial charge in [0.1, 0.15) is 5.75 Å². The fourth-order valence-corrected chi connectivity index (χ4v) is 5.26. The highest BCUT2D eigenvalue weighted by Crippen LogP contribution is 2.40. The highest BCUT2D eigenvalue weighted by atomic mass is 35.5. The van der Waals surface area contributed by atoms with Crippen molar-refractivity contribution in [3.8, 4) is 5.75 Å². The van der Waals surface area contributed by atoms with Crippen LogP contribution in [0.25, 0.3) is 6.08 Å². The van der Waals surface area contributed by atoms with Crippen molar-refractivity contribution in [1.29, 1.82) is 0 Å². The molecule has 2 saturated heterocycles. The molecule has 196 valence electrons. The van der Waals surface area contributed by atoms with E-state index in [-0.39, 0.29) is 23.1 Å². The van der Waals surface area contributed by atoms with Gasteiger partial charge < -0.3 is 19.9 Å². The predicted octanol–water partition coefficient (Wildman–Crippen LogP) is 5.01. The number of piperidine rings is 1. The number of anilines is 1. The van der Waals surface area contributed by atoms with Crippen LogP contribution in [0, 0.1) is 5.41 Å². The number of ether oxygens (including phenoxy) is 1. The van der Waals surface area contributed by atoms with Crippen molar-refractivity contribution in [1.82, 2.24) is 9.80 Å². The molecule has 2 fully saturated rings. The molecule has 37 heavy (non-hydrogen) atoms. The molecule has 0 aromatic heterocycles. The Labute approximate surface area is 223 Å². The average Bonchev–Trinajstić information content (AvgIpc) is 3.30. The maximum absolute atomic E-state index is 12.9. The third-order valence-corrected chi connectivity index (χ3v) is 7.44. The highest BCUT2D eigenvalue weighted by molar-refractivity contribution is 6.31. The molecule has 1 N–H and O–H groups in total. The maximum atomic E-state index is 12.9. The maximum Gasteiger partial charge on any atom is 0.246 e. The van der Waals surface area contributed by atoms with Gasteiger partial charge in [-0.25, -0.2) is 0 Å². The summed E-state index contributed by atoms with van der Waals surface area (Å²) in [5.74, 6) is 0.761. The van der Waals surface area contributed by atoms with E-state index in [0.717, 1.165) is 43.7 Å². The summed E-state index contributed by atoms with van der Waals surface area (Å²) in [6.45, 7) is 4.86. The SMILES string of the molecule is CC(=O)Nc1cc(Cl)ccc1/C=C/C(=O)N1CCC2(CCN(C(=O)CCCOc3ccccc3)CC2)C1. The van der Waals surface area contributed by atoms with E-state index in [4.69, 9.17) is 16.3 Å². The lowest BCUT2D eigenvalue weighted by atomic mass is 9.77. The molecule has 2 aliphatic rings. The first-order valence-electron chi connectivity index (χ1n) is 12.8. The van der Waals surface area contributed by atoms with Gasteiger partial charge in [-0.05, 0) is 67.0 Å². The number of likely N-dealkylation sites (tertiary alicyclic amines) is 2. The van der Waals surface area contributed by atoms with Crippen molar-refractivity contribution in [2.45, 2.75) is 39.0 Å². The van der Waals surface area contributed by atoms with E-state index < -0.39 is 0 Å². The van der Waals surface area contributed by atoms with Crippen LogP contribution in [-0.4, -0.2) is 60.3 Å². The number of hydrogen-bond acceptors (Lipinski definition) is 4. The Balaban J connectivity index is 1.23. The van der Waals surface area contributed by atoms with Gasteiger partial charge in [0.2, 0.25) is 17.7 Å². The van der Waals surface area contributed by atoms with E-state index in [2.05, 4.69) is 5.32 Å². The second-order valence-electron chi connectivity index (χ2n) is 9.90. The molecule has 7 nitrogen and oxygen atoms in total. The van der Waals surface area contributed by atoms with Gasteiger partial charge in [-0.2, -0.15) is 0 Å². The average molecular weight is 524 g/mol. The molecule has 4 rings (SSSR count). The predicted molar refractivity (Wildman–Crippen MR) is 145 cm³/mol.